The summed E-state index contributed by atoms with van der Waals surface area (Å²) in [5.41, 5.74) is 0. The molecule has 2 N–H and O–H groups in total. The van der Waals surface area contributed by atoms with Gasteiger partial charge in [-0.25, -0.2) is 4.98 Å². The number of carbonyl (C=O) groups excluding carboxylic acids is 2. The fraction of sp³-hybridized carbons (Fsp3) is 0.583. The SMILES string of the molecule is CCNc1ncc(C(=O)N[C@@H]2CC(=O)N(CC(F)(F)F)C2)s1. The maximum absolute atomic E-state index is 12.3. The fourth-order valence-corrected chi connectivity index (χ4v) is 2.89. The van der Waals surface area contributed by atoms with E-state index in [1.807, 2.05) is 6.92 Å². The average Bonchev–Trinajstić information content (AvgIpc) is 2.96. The van der Waals surface area contributed by atoms with Crippen molar-refractivity contribution in [2.45, 2.75) is 25.6 Å². The van der Waals surface area contributed by atoms with Crippen molar-refractivity contribution in [1.29, 1.82) is 0 Å². The number of nitrogens with zero attached hydrogens (tertiary/aromatic N) is 2. The molecule has 1 atom stereocenters. The second-order valence-electron chi connectivity index (χ2n) is 4.82. The van der Waals surface area contributed by atoms with E-state index in [1.165, 1.54) is 6.20 Å². The van der Waals surface area contributed by atoms with Crippen LogP contribution in [0, 0.1) is 0 Å². The van der Waals surface area contributed by atoms with E-state index >= 15 is 0 Å². The molecule has 1 fully saturated rings. The quantitative estimate of drug-likeness (QED) is 0.854. The van der Waals surface area contributed by atoms with Gasteiger partial charge in [-0.2, -0.15) is 13.2 Å². The largest absolute Gasteiger partial charge is 0.406 e. The number of aromatic nitrogens is 1. The first-order valence-electron chi connectivity index (χ1n) is 6.63. The minimum Gasteiger partial charge on any atom is -0.362 e. The topological polar surface area (TPSA) is 74.3 Å². The molecule has 22 heavy (non-hydrogen) atoms. The van der Waals surface area contributed by atoms with E-state index < -0.39 is 30.6 Å². The molecule has 0 aromatic carbocycles. The van der Waals surface area contributed by atoms with Crippen LogP contribution in [0.5, 0.6) is 0 Å². The Bertz CT molecular complexity index is 561. The van der Waals surface area contributed by atoms with E-state index in [-0.39, 0.29) is 13.0 Å². The Morgan fingerprint density at radius 1 is 1.55 bits per heavy atom. The van der Waals surface area contributed by atoms with Crippen LogP contribution < -0.4 is 10.6 Å². The van der Waals surface area contributed by atoms with Crippen molar-refractivity contribution in [3.05, 3.63) is 11.1 Å². The molecule has 1 aromatic heterocycles. The summed E-state index contributed by atoms with van der Waals surface area (Å²) in [5.74, 6) is -1.05. The van der Waals surface area contributed by atoms with E-state index in [0.29, 0.717) is 21.5 Å². The number of alkyl halides is 3. The van der Waals surface area contributed by atoms with Gasteiger partial charge in [-0.3, -0.25) is 9.59 Å². The van der Waals surface area contributed by atoms with Gasteiger partial charge in [0.25, 0.3) is 5.91 Å². The van der Waals surface area contributed by atoms with E-state index in [0.717, 1.165) is 11.3 Å². The average molecular weight is 336 g/mol. The molecule has 0 aliphatic carbocycles. The van der Waals surface area contributed by atoms with Crippen molar-refractivity contribution < 1.29 is 22.8 Å². The Labute approximate surface area is 128 Å². The molecular weight excluding hydrogens is 321 g/mol. The first-order chi connectivity index (χ1) is 10.3. The molecule has 1 aliphatic rings. The van der Waals surface area contributed by atoms with Crippen LogP contribution in [-0.4, -0.2) is 53.6 Å². The summed E-state index contributed by atoms with van der Waals surface area (Å²) in [5, 5.41) is 6.12. The number of hydrogen-bond acceptors (Lipinski definition) is 5. The normalized spacial score (nSPS) is 18.6. The van der Waals surface area contributed by atoms with Gasteiger partial charge < -0.3 is 15.5 Å². The minimum atomic E-state index is -4.44. The number of halogens is 3. The van der Waals surface area contributed by atoms with Crippen LogP contribution in [0.25, 0.3) is 0 Å². The third-order valence-corrected chi connectivity index (χ3v) is 3.93. The molecule has 2 heterocycles. The smallest absolute Gasteiger partial charge is 0.362 e. The number of anilines is 1. The van der Waals surface area contributed by atoms with E-state index in [4.69, 9.17) is 0 Å². The summed E-state index contributed by atoms with van der Waals surface area (Å²) in [7, 11) is 0. The predicted molar refractivity (Wildman–Crippen MR) is 74.8 cm³/mol. The molecule has 0 spiro atoms. The third kappa shape index (κ3) is 4.33. The zero-order chi connectivity index (χ0) is 16.3. The maximum Gasteiger partial charge on any atom is 0.406 e. The number of likely N-dealkylation sites (tertiary alicyclic amines) is 1. The van der Waals surface area contributed by atoms with Gasteiger partial charge in [0.15, 0.2) is 5.13 Å². The molecule has 0 unspecified atom stereocenters. The van der Waals surface area contributed by atoms with Gasteiger partial charge in [0.05, 0.1) is 12.2 Å². The number of rotatable bonds is 5. The molecule has 1 saturated heterocycles. The Morgan fingerprint density at radius 3 is 2.91 bits per heavy atom. The zero-order valence-electron chi connectivity index (χ0n) is 11.7. The lowest BCUT2D eigenvalue weighted by atomic mass is 10.2. The Hall–Kier alpha value is -1.84. The molecule has 1 aromatic rings. The molecule has 0 saturated carbocycles. The van der Waals surface area contributed by atoms with Gasteiger partial charge >= 0.3 is 6.18 Å². The van der Waals surface area contributed by atoms with Gasteiger partial charge in [-0.05, 0) is 6.92 Å². The van der Waals surface area contributed by atoms with Crippen LogP contribution >= 0.6 is 11.3 Å². The van der Waals surface area contributed by atoms with Gasteiger partial charge in [-0.15, -0.1) is 0 Å². The van der Waals surface area contributed by atoms with Crippen molar-refractivity contribution >= 4 is 28.3 Å². The summed E-state index contributed by atoms with van der Waals surface area (Å²) in [6.45, 7) is 1.13. The number of carbonyl (C=O) groups is 2. The second kappa shape index (κ2) is 6.51. The highest BCUT2D eigenvalue weighted by atomic mass is 32.1. The lowest BCUT2D eigenvalue weighted by Crippen LogP contribution is -2.39. The van der Waals surface area contributed by atoms with E-state index in [9.17, 15) is 22.8 Å². The van der Waals surface area contributed by atoms with Crippen LogP contribution in [0.2, 0.25) is 0 Å². The van der Waals surface area contributed by atoms with Gasteiger partial charge in [-0.1, -0.05) is 11.3 Å². The number of nitrogens with one attached hydrogen (secondary N) is 2. The second-order valence-corrected chi connectivity index (χ2v) is 5.85. The van der Waals surface area contributed by atoms with E-state index in [2.05, 4.69) is 15.6 Å². The zero-order valence-corrected chi connectivity index (χ0v) is 12.6. The van der Waals surface area contributed by atoms with Crippen LogP contribution in [0.4, 0.5) is 18.3 Å². The van der Waals surface area contributed by atoms with Crippen molar-refractivity contribution in [2.24, 2.45) is 0 Å². The summed E-state index contributed by atoms with van der Waals surface area (Å²) in [4.78, 5) is 28.6. The van der Waals surface area contributed by atoms with Crippen LogP contribution in [-0.2, 0) is 4.79 Å². The standard InChI is InChI=1S/C12H15F3N4O2S/c1-2-16-11-17-4-8(22-11)10(21)18-7-3-9(20)19(5-7)6-12(13,14)15/h4,7H,2-3,5-6H2,1H3,(H,16,17)(H,18,21)/t7-/m1/s1. The molecule has 6 nitrogen and oxygen atoms in total. The van der Waals surface area contributed by atoms with Crippen LogP contribution in [0.3, 0.4) is 0 Å². The first-order valence-corrected chi connectivity index (χ1v) is 7.45. The third-order valence-electron chi connectivity index (χ3n) is 2.98. The van der Waals surface area contributed by atoms with Gasteiger partial charge in [0.1, 0.15) is 11.4 Å². The maximum atomic E-state index is 12.3. The molecule has 122 valence electrons. The lowest BCUT2D eigenvalue weighted by molar-refractivity contribution is -0.157. The van der Waals surface area contributed by atoms with Crippen LogP contribution in [0.1, 0.15) is 23.0 Å². The highest BCUT2D eigenvalue weighted by Crippen LogP contribution is 2.22. The highest BCUT2D eigenvalue weighted by Gasteiger charge is 2.38. The van der Waals surface area contributed by atoms with Gasteiger partial charge in [0, 0.05) is 19.5 Å². The van der Waals surface area contributed by atoms with E-state index in [1.54, 1.807) is 0 Å². The van der Waals surface area contributed by atoms with Gasteiger partial charge in [0.2, 0.25) is 5.91 Å². The molecular formula is C12H15F3N4O2S. The first kappa shape index (κ1) is 16.5. The fourth-order valence-electron chi connectivity index (χ4n) is 2.11. The number of hydrogen-bond donors (Lipinski definition) is 2. The van der Waals surface area contributed by atoms with Crippen molar-refractivity contribution in [3.63, 3.8) is 0 Å². The number of amides is 2. The number of thiazole rings is 1. The summed E-state index contributed by atoms with van der Waals surface area (Å²) >= 11 is 1.15. The molecule has 2 rings (SSSR count). The van der Waals surface area contributed by atoms with Crippen molar-refractivity contribution in [1.82, 2.24) is 15.2 Å². The lowest BCUT2D eigenvalue weighted by Gasteiger charge is -2.18. The molecule has 10 heteroatoms. The highest BCUT2D eigenvalue weighted by molar-refractivity contribution is 7.17. The Kier molecular flexibility index (Phi) is 4.89. The Balaban J connectivity index is 1.91. The molecule has 0 radical (unpaired) electrons. The minimum absolute atomic E-state index is 0.124. The molecule has 0 bridgehead atoms. The monoisotopic (exact) mass is 336 g/mol. The van der Waals surface area contributed by atoms with Crippen molar-refractivity contribution in [3.8, 4) is 0 Å². The van der Waals surface area contributed by atoms with Crippen molar-refractivity contribution in [2.75, 3.05) is 25.0 Å². The summed E-state index contributed by atoms with van der Waals surface area (Å²) < 4.78 is 36.9. The van der Waals surface area contributed by atoms with Crippen LogP contribution in [0.15, 0.2) is 6.20 Å². The summed E-state index contributed by atoms with van der Waals surface area (Å²) in [6, 6.07) is -0.618. The predicted octanol–water partition coefficient (Wildman–Crippen LogP) is 1.47. The molecule has 1 aliphatic heterocycles. The molecule has 2 amide bonds. The Morgan fingerprint density at radius 2 is 2.27 bits per heavy atom. The summed E-state index contributed by atoms with van der Waals surface area (Å²) in [6.07, 6.45) is -3.17.